The first kappa shape index (κ1) is 16.2. The van der Waals surface area contributed by atoms with Crippen molar-refractivity contribution >= 4 is 34.0 Å². The molecule has 0 fully saturated rings. The Labute approximate surface area is 143 Å². The normalized spacial score (nSPS) is 16.9. The maximum atomic E-state index is 12.5. The van der Waals surface area contributed by atoms with E-state index >= 15 is 0 Å². The number of amides is 2. The number of hydrogen-bond acceptors (Lipinski definition) is 2. The lowest BCUT2D eigenvalue weighted by molar-refractivity contribution is 0.254. The predicted molar refractivity (Wildman–Crippen MR) is 95.5 cm³/mol. The molecular formula is C17H18ClN3OS. The number of fused-ring (bicyclic) bond motifs is 1. The molecule has 2 aromatic rings. The minimum absolute atomic E-state index is 0.178. The summed E-state index contributed by atoms with van der Waals surface area (Å²) >= 11 is 6.19. The van der Waals surface area contributed by atoms with Gasteiger partial charge in [0.25, 0.3) is 0 Å². The fourth-order valence-electron chi connectivity index (χ4n) is 2.50. The van der Waals surface area contributed by atoms with Crippen molar-refractivity contribution in [2.75, 3.05) is 25.0 Å². The summed E-state index contributed by atoms with van der Waals surface area (Å²) in [5, 5.41) is 3.77. The van der Waals surface area contributed by atoms with E-state index < -0.39 is 10.7 Å². The maximum Gasteiger partial charge on any atom is 0.354 e. The van der Waals surface area contributed by atoms with E-state index in [9.17, 15) is 4.79 Å². The van der Waals surface area contributed by atoms with Gasteiger partial charge in [-0.1, -0.05) is 29.8 Å². The van der Waals surface area contributed by atoms with Crippen LogP contribution in [0.5, 0.6) is 0 Å². The van der Waals surface area contributed by atoms with Crippen LogP contribution in [0.2, 0.25) is 5.02 Å². The minimum atomic E-state index is -0.618. The lowest BCUT2D eigenvalue weighted by Gasteiger charge is -2.28. The third kappa shape index (κ3) is 3.47. The molecule has 23 heavy (non-hydrogen) atoms. The Hall–Kier alpha value is -1.69. The first-order chi connectivity index (χ1) is 11.2. The molecule has 0 bridgehead atoms. The summed E-state index contributed by atoms with van der Waals surface area (Å²) < 4.78 is 4.43. The van der Waals surface area contributed by atoms with E-state index in [4.69, 9.17) is 11.6 Å². The Balaban J connectivity index is 2.03. The van der Waals surface area contributed by atoms with Crippen LogP contribution in [0.15, 0.2) is 62.7 Å². The molecule has 0 saturated carbocycles. The topological polar surface area (TPSA) is 44.7 Å². The van der Waals surface area contributed by atoms with E-state index in [-0.39, 0.29) is 6.03 Å². The summed E-state index contributed by atoms with van der Waals surface area (Å²) in [6.45, 7) is 1.50. The van der Waals surface area contributed by atoms with Crippen molar-refractivity contribution < 1.29 is 4.79 Å². The number of urea groups is 1. The summed E-state index contributed by atoms with van der Waals surface area (Å²) in [6.07, 6.45) is 0.874. The van der Waals surface area contributed by atoms with Gasteiger partial charge < -0.3 is 5.32 Å². The smallest absolute Gasteiger partial charge is 0.320 e. The Morgan fingerprint density at radius 3 is 2.74 bits per heavy atom. The third-order valence-corrected chi connectivity index (χ3v) is 5.63. The Morgan fingerprint density at radius 1 is 1.22 bits per heavy atom. The number of anilines is 1. The zero-order chi connectivity index (χ0) is 16.2. The number of nitrogens with one attached hydrogen (secondary N) is 1. The second-order valence-corrected chi connectivity index (χ2v) is 7.29. The average Bonchev–Trinajstić information content (AvgIpc) is 2.57. The van der Waals surface area contributed by atoms with Crippen LogP contribution in [-0.2, 0) is 10.7 Å². The number of carbonyl (C=O) groups excluding carboxylic acids is 1. The van der Waals surface area contributed by atoms with Gasteiger partial charge in [0, 0.05) is 21.4 Å². The molecule has 3 rings (SSSR count). The molecular weight excluding hydrogens is 330 g/mol. The van der Waals surface area contributed by atoms with Gasteiger partial charge in [0.1, 0.15) is 0 Å². The van der Waals surface area contributed by atoms with Gasteiger partial charge in [-0.25, -0.2) is 4.79 Å². The van der Waals surface area contributed by atoms with E-state index in [0.717, 1.165) is 28.4 Å². The second-order valence-electron chi connectivity index (χ2n) is 5.19. The van der Waals surface area contributed by atoms with Crippen LogP contribution in [0.25, 0.3) is 0 Å². The van der Waals surface area contributed by atoms with Gasteiger partial charge in [-0.15, -0.1) is 0 Å². The summed E-state index contributed by atoms with van der Waals surface area (Å²) in [6, 6.07) is 15.4. The van der Waals surface area contributed by atoms with E-state index in [2.05, 4.69) is 9.68 Å². The number of halogens is 1. The van der Waals surface area contributed by atoms with Crippen LogP contribution < -0.4 is 10.2 Å². The van der Waals surface area contributed by atoms with Crippen molar-refractivity contribution in [3.63, 3.8) is 0 Å². The number of rotatable bonds is 5. The zero-order valence-corrected chi connectivity index (χ0v) is 14.4. The SMILES string of the molecule is CNCCCN1C(=O)N=S(c2ccccc2)c2cc(Cl)ccc21. The van der Waals surface area contributed by atoms with Crippen molar-refractivity contribution in [2.45, 2.75) is 16.2 Å². The highest BCUT2D eigenvalue weighted by Crippen LogP contribution is 2.35. The molecule has 0 saturated heterocycles. The van der Waals surface area contributed by atoms with Crippen LogP contribution in [0.4, 0.5) is 10.5 Å². The molecule has 1 aliphatic heterocycles. The van der Waals surface area contributed by atoms with Gasteiger partial charge in [-0.2, -0.15) is 4.36 Å². The van der Waals surface area contributed by atoms with Crippen molar-refractivity contribution in [1.82, 2.24) is 5.32 Å². The van der Waals surface area contributed by atoms with Crippen LogP contribution in [-0.4, -0.2) is 26.2 Å². The van der Waals surface area contributed by atoms with E-state index in [1.165, 1.54) is 0 Å². The molecule has 0 radical (unpaired) electrons. The maximum absolute atomic E-state index is 12.5. The summed E-state index contributed by atoms with van der Waals surface area (Å²) in [4.78, 5) is 16.3. The fourth-order valence-corrected chi connectivity index (χ4v) is 4.48. The van der Waals surface area contributed by atoms with Crippen LogP contribution in [0, 0.1) is 0 Å². The van der Waals surface area contributed by atoms with Gasteiger partial charge in [-0.05, 0) is 61.0 Å². The third-order valence-electron chi connectivity index (χ3n) is 3.60. The molecule has 1 unspecified atom stereocenters. The molecule has 1 atom stereocenters. The minimum Gasteiger partial charge on any atom is -0.320 e. The molecule has 1 N–H and O–H groups in total. The zero-order valence-electron chi connectivity index (χ0n) is 12.8. The van der Waals surface area contributed by atoms with Crippen molar-refractivity contribution in [2.24, 2.45) is 4.36 Å². The molecule has 2 aromatic carbocycles. The van der Waals surface area contributed by atoms with E-state index in [1.54, 1.807) is 4.90 Å². The van der Waals surface area contributed by atoms with Gasteiger partial charge in [0.15, 0.2) is 0 Å². The van der Waals surface area contributed by atoms with Crippen molar-refractivity contribution in [1.29, 1.82) is 0 Å². The highest BCUT2D eigenvalue weighted by Gasteiger charge is 2.26. The van der Waals surface area contributed by atoms with Crippen LogP contribution in [0.1, 0.15) is 6.42 Å². The number of benzene rings is 2. The molecule has 0 spiro atoms. The fraction of sp³-hybridized carbons (Fsp3) is 0.235. The summed E-state index contributed by atoms with van der Waals surface area (Å²) in [5.74, 6) is 0. The Morgan fingerprint density at radius 2 is 2.00 bits per heavy atom. The number of hydrogen-bond donors (Lipinski definition) is 1. The lowest BCUT2D eigenvalue weighted by Crippen LogP contribution is -2.34. The van der Waals surface area contributed by atoms with Crippen molar-refractivity contribution in [3.8, 4) is 0 Å². The summed E-state index contributed by atoms with van der Waals surface area (Å²) in [7, 11) is 1.29. The molecule has 0 aliphatic carbocycles. The number of nitrogens with zero attached hydrogens (tertiary/aromatic N) is 2. The van der Waals surface area contributed by atoms with E-state index in [1.807, 2.05) is 55.6 Å². The quantitative estimate of drug-likeness (QED) is 0.827. The highest BCUT2D eigenvalue weighted by atomic mass is 35.5. The molecule has 120 valence electrons. The molecule has 2 amide bonds. The molecule has 0 aromatic heterocycles. The first-order valence-electron chi connectivity index (χ1n) is 7.47. The second kappa shape index (κ2) is 7.25. The van der Waals surface area contributed by atoms with Gasteiger partial charge >= 0.3 is 6.03 Å². The standard InChI is InChI=1S/C17H18ClN3OS/c1-19-10-5-11-21-15-9-8-13(18)12-16(15)23(20-17(21)22)14-6-3-2-4-7-14/h2-4,6-9,12,19H,5,10-11H2,1H3. The number of carbonyl (C=O) groups is 1. The van der Waals surface area contributed by atoms with Crippen LogP contribution in [0.3, 0.4) is 0 Å². The molecule has 4 nitrogen and oxygen atoms in total. The molecule has 6 heteroatoms. The largest absolute Gasteiger partial charge is 0.354 e. The van der Waals surface area contributed by atoms with Crippen LogP contribution >= 0.6 is 11.6 Å². The first-order valence-corrected chi connectivity index (χ1v) is 9.03. The molecule has 1 aliphatic rings. The van der Waals surface area contributed by atoms with Gasteiger partial charge in [0.05, 0.1) is 5.69 Å². The highest BCUT2D eigenvalue weighted by molar-refractivity contribution is 7.88. The summed E-state index contributed by atoms with van der Waals surface area (Å²) in [5.41, 5.74) is 0.915. The molecule has 1 heterocycles. The van der Waals surface area contributed by atoms with Gasteiger partial charge in [0.2, 0.25) is 0 Å². The monoisotopic (exact) mass is 347 g/mol. The Bertz CT molecular complexity index is 749. The Kier molecular flexibility index (Phi) is 5.10. The lowest BCUT2D eigenvalue weighted by atomic mass is 10.2. The predicted octanol–water partition coefficient (Wildman–Crippen LogP) is 4.11. The average molecular weight is 348 g/mol. The van der Waals surface area contributed by atoms with Gasteiger partial charge in [-0.3, -0.25) is 4.90 Å². The van der Waals surface area contributed by atoms with E-state index in [0.29, 0.717) is 11.6 Å². The van der Waals surface area contributed by atoms with Crippen molar-refractivity contribution in [3.05, 3.63) is 53.6 Å².